The molecule has 1 N–H and O–H groups in total. The van der Waals surface area contributed by atoms with Crippen LogP contribution in [-0.4, -0.2) is 17.8 Å². The minimum Gasteiger partial charge on any atom is -0.422 e. The number of benzene rings is 2. The average Bonchev–Trinajstić information content (AvgIpc) is 2.60. The first-order chi connectivity index (χ1) is 11.6. The fourth-order valence-corrected chi connectivity index (χ4v) is 1.77. The van der Waals surface area contributed by atoms with Crippen LogP contribution >= 0.6 is 0 Å². The molecule has 2 aromatic carbocycles. The fourth-order valence-electron chi connectivity index (χ4n) is 1.77. The van der Waals surface area contributed by atoms with E-state index in [0.29, 0.717) is 16.9 Å². The molecule has 1 amide bonds. The number of rotatable bonds is 4. The van der Waals surface area contributed by atoms with E-state index in [1.54, 1.807) is 54.6 Å². The van der Waals surface area contributed by atoms with E-state index in [0.717, 1.165) is 6.08 Å². The summed E-state index contributed by atoms with van der Waals surface area (Å²) in [5.74, 6) is -1.44. The third-order valence-corrected chi connectivity index (χ3v) is 2.84. The van der Waals surface area contributed by atoms with Crippen LogP contribution in [0.1, 0.15) is 22.8 Å². The quantitative estimate of drug-likeness (QED) is 0.404. The van der Waals surface area contributed by atoms with Crippen LogP contribution in [0.4, 0.5) is 0 Å². The molecule has 24 heavy (non-hydrogen) atoms. The smallest absolute Gasteiger partial charge is 0.343 e. The van der Waals surface area contributed by atoms with Gasteiger partial charge in [0.1, 0.15) is 5.75 Å². The van der Waals surface area contributed by atoms with Gasteiger partial charge in [-0.1, -0.05) is 36.4 Å². The van der Waals surface area contributed by atoms with Crippen molar-refractivity contribution >= 4 is 23.9 Å². The standard InChI is InChI=1S/C18H15NO5/c1-13(20)24-19-17(21)12-11-14-7-5-6-10-16(14)23-18(22)15-8-3-2-4-9-15/h2-12H,1H3,(H,19,21)/b12-11+. The highest BCUT2D eigenvalue weighted by Crippen LogP contribution is 2.20. The lowest BCUT2D eigenvalue weighted by Gasteiger charge is -2.07. The first kappa shape index (κ1) is 17.0. The molecule has 0 bridgehead atoms. The van der Waals surface area contributed by atoms with Crippen molar-refractivity contribution in [3.63, 3.8) is 0 Å². The van der Waals surface area contributed by atoms with Gasteiger partial charge in [-0.15, -0.1) is 0 Å². The van der Waals surface area contributed by atoms with Gasteiger partial charge in [-0.3, -0.25) is 9.59 Å². The Kier molecular flexibility index (Phi) is 5.85. The summed E-state index contributed by atoms with van der Waals surface area (Å²) in [7, 11) is 0. The lowest BCUT2D eigenvalue weighted by Crippen LogP contribution is -2.23. The van der Waals surface area contributed by atoms with E-state index in [-0.39, 0.29) is 0 Å². The molecule has 0 spiro atoms. The predicted octanol–water partition coefficient (Wildman–Crippen LogP) is 2.51. The van der Waals surface area contributed by atoms with Gasteiger partial charge in [-0.2, -0.15) is 5.48 Å². The summed E-state index contributed by atoms with van der Waals surface area (Å²) < 4.78 is 5.35. The van der Waals surface area contributed by atoms with Gasteiger partial charge in [0.2, 0.25) is 0 Å². The van der Waals surface area contributed by atoms with E-state index in [2.05, 4.69) is 4.84 Å². The molecule has 2 aromatic rings. The maximum atomic E-state index is 12.1. The van der Waals surface area contributed by atoms with Gasteiger partial charge in [0.05, 0.1) is 5.56 Å². The Labute approximate surface area is 138 Å². The lowest BCUT2D eigenvalue weighted by atomic mass is 10.2. The van der Waals surface area contributed by atoms with Crippen LogP contribution in [0, 0.1) is 0 Å². The Hall–Kier alpha value is -3.41. The number of hydroxylamine groups is 1. The SMILES string of the molecule is CC(=O)ONC(=O)/C=C/c1ccccc1OC(=O)c1ccccc1. The van der Waals surface area contributed by atoms with E-state index in [1.807, 2.05) is 5.48 Å². The van der Waals surface area contributed by atoms with Crippen molar-refractivity contribution in [1.82, 2.24) is 5.48 Å². The van der Waals surface area contributed by atoms with Gasteiger partial charge in [-0.05, 0) is 24.3 Å². The minimum atomic E-state index is -0.631. The highest BCUT2D eigenvalue weighted by molar-refractivity contribution is 5.93. The van der Waals surface area contributed by atoms with Crippen LogP contribution in [-0.2, 0) is 14.4 Å². The molecule has 2 rings (SSSR count). The molecule has 0 unspecified atom stereocenters. The van der Waals surface area contributed by atoms with Crippen molar-refractivity contribution in [2.75, 3.05) is 0 Å². The fraction of sp³-hybridized carbons (Fsp3) is 0.0556. The van der Waals surface area contributed by atoms with Gasteiger partial charge in [0.15, 0.2) is 0 Å². The third kappa shape index (κ3) is 5.10. The van der Waals surface area contributed by atoms with Gasteiger partial charge < -0.3 is 9.57 Å². The Morgan fingerprint density at radius 2 is 1.62 bits per heavy atom. The number of ether oxygens (including phenoxy) is 1. The van der Waals surface area contributed by atoms with Crippen LogP contribution in [0.3, 0.4) is 0 Å². The number of amides is 1. The molecule has 0 saturated carbocycles. The summed E-state index contributed by atoms with van der Waals surface area (Å²) in [5, 5.41) is 0. The number of carbonyl (C=O) groups is 3. The van der Waals surface area contributed by atoms with E-state index in [4.69, 9.17) is 4.74 Å². The number of para-hydroxylation sites is 1. The summed E-state index contributed by atoms with van der Waals surface area (Å²) in [6.45, 7) is 1.17. The van der Waals surface area contributed by atoms with Gasteiger partial charge in [-0.25, -0.2) is 4.79 Å². The van der Waals surface area contributed by atoms with Crippen molar-refractivity contribution in [2.45, 2.75) is 6.92 Å². The van der Waals surface area contributed by atoms with Crippen molar-refractivity contribution < 1.29 is 24.0 Å². The van der Waals surface area contributed by atoms with E-state index in [1.165, 1.54) is 13.0 Å². The molecule has 0 aliphatic rings. The van der Waals surface area contributed by atoms with Crippen LogP contribution < -0.4 is 10.2 Å². The van der Waals surface area contributed by atoms with Crippen LogP contribution in [0.25, 0.3) is 6.08 Å². The molecule has 6 nitrogen and oxygen atoms in total. The Balaban J connectivity index is 2.08. The summed E-state index contributed by atoms with van der Waals surface area (Å²) >= 11 is 0. The van der Waals surface area contributed by atoms with Gasteiger partial charge in [0, 0.05) is 18.6 Å². The summed E-state index contributed by atoms with van der Waals surface area (Å²) in [4.78, 5) is 38.6. The van der Waals surface area contributed by atoms with Gasteiger partial charge in [0.25, 0.3) is 5.91 Å². The number of nitrogens with one attached hydrogen (secondary N) is 1. The number of hydrogen-bond acceptors (Lipinski definition) is 5. The molecule has 0 aliphatic carbocycles. The number of esters is 1. The monoisotopic (exact) mass is 325 g/mol. The van der Waals surface area contributed by atoms with Crippen LogP contribution in [0.5, 0.6) is 5.75 Å². The van der Waals surface area contributed by atoms with Crippen molar-refractivity contribution in [3.8, 4) is 5.75 Å². The Morgan fingerprint density at radius 3 is 2.33 bits per heavy atom. The van der Waals surface area contributed by atoms with Crippen LogP contribution in [0.2, 0.25) is 0 Å². The number of carbonyl (C=O) groups excluding carboxylic acids is 3. The Bertz CT molecular complexity index is 768. The summed E-state index contributed by atoms with van der Waals surface area (Å²) in [6.07, 6.45) is 2.62. The van der Waals surface area contributed by atoms with Crippen molar-refractivity contribution in [3.05, 3.63) is 71.8 Å². The molecule has 0 atom stereocenters. The zero-order valence-electron chi connectivity index (χ0n) is 12.9. The number of hydrogen-bond donors (Lipinski definition) is 1. The van der Waals surface area contributed by atoms with E-state index in [9.17, 15) is 14.4 Å². The topological polar surface area (TPSA) is 81.7 Å². The maximum Gasteiger partial charge on any atom is 0.343 e. The Morgan fingerprint density at radius 1 is 0.958 bits per heavy atom. The first-order valence-corrected chi connectivity index (χ1v) is 7.08. The second-order valence-corrected chi connectivity index (χ2v) is 4.69. The van der Waals surface area contributed by atoms with E-state index < -0.39 is 17.8 Å². The van der Waals surface area contributed by atoms with Gasteiger partial charge >= 0.3 is 11.9 Å². The van der Waals surface area contributed by atoms with Crippen LogP contribution in [0.15, 0.2) is 60.7 Å². The average molecular weight is 325 g/mol. The highest BCUT2D eigenvalue weighted by atomic mass is 16.7. The largest absolute Gasteiger partial charge is 0.422 e. The molecular weight excluding hydrogens is 310 g/mol. The highest BCUT2D eigenvalue weighted by Gasteiger charge is 2.10. The third-order valence-electron chi connectivity index (χ3n) is 2.84. The normalized spacial score (nSPS) is 10.2. The molecule has 0 aliphatic heterocycles. The van der Waals surface area contributed by atoms with Crippen molar-refractivity contribution in [2.24, 2.45) is 0 Å². The molecule has 0 fully saturated rings. The first-order valence-electron chi connectivity index (χ1n) is 7.08. The minimum absolute atomic E-state index is 0.308. The molecular formula is C18H15NO5. The summed E-state index contributed by atoms with van der Waals surface area (Å²) in [5.41, 5.74) is 2.90. The zero-order chi connectivity index (χ0) is 17.4. The predicted molar refractivity (Wildman–Crippen MR) is 86.8 cm³/mol. The lowest BCUT2D eigenvalue weighted by molar-refractivity contribution is -0.154. The van der Waals surface area contributed by atoms with E-state index >= 15 is 0 Å². The second kappa shape index (κ2) is 8.28. The molecule has 0 aromatic heterocycles. The second-order valence-electron chi connectivity index (χ2n) is 4.69. The summed E-state index contributed by atoms with van der Waals surface area (Å²) in [6, 6.07) is 15.3. The molecule has 6 heteroatoms. The maximum absolute atomic E-state index is 12.1. The molecule has 0 heterocycles. The molecule has 0 radical (unpaired) electrons. The van der Waals surface area contributed by atoms with Crippen molar-refractivity contribution in [1.29, 1.82) is 0 Å². The molecule has 0 saturated heterocycles. The molecule has 122 valence electrons. The zero-order valence-corrected chi connectivity index (χ0v) is 12.9.